The van der Waals surface area contributed by atoms with Crippen LogP contribution in [-0.4, -0.2) is 5.97 Å². The first-order chi connectivity index (χ1) is 4.70. The number of hydrogen-bond donors (Lipinski definition) is 0. The summed E-state index contributed by atoms with van der Waals surface area (Å²) in [5.41, 5.74) is -0.0126. The lowest BCUT2D eigenvalue weighted by Gasteiger charge is -1.99. The van der Waals surface area contributed by atoms with Gasteiger partial charge in [0.05, 0.1) is 5.97 Å². The quantitative estimate of drug-likeness (QED) is 0.555. The molecule has 0 aliphatic heterocycles. The van der Waals surface area contributed by atoms with Gasteiger partial charge in [0.25, 0.3) is 0 Å². The van der Waals surface area contributed by atoms with Crippen molar-refractivity contribution in [3.8, 4) is 0 Å². The molecule has 0 saturated carbocycles. The third-order valence-corrected chi connectivity index (χ3v) is 1.08. The molecule has 0 saturated heterocycles. The van der Waals surface area contributed by atoms with Gasteiger partial charge in [-0.2, -0.15) is 0 Å². The molecule has 0 bridgehead atoms. The fourth-order valence-corrected chi connectivity index (χ4v) is 0.586. The van der Waals surface area contributed by atoms with Crippen LogP contribution in [0.1, 0.15) is 10.4 Å². The summed E-state index contributed by atoms with van der Waals surface area (Å²) in [6.07, 6.45) is 0. The molecule has 0 aromatic heterocycles. The van der Waals surface area contributed by atoms with E-state index in [0.717, 1.165) is 24.3 Å². The van der Waals surface area contributed by atoms with E-state index in [2.05, 4.69) is 0 Å². The highest BCUT2D eigenvalue weighted by atomic mass is 18.2. The Labute approximate surface area is 56.9 Å². The minimum atomic E-state index is -1.29. The summed E-state index contributed by atoms with van der Waals surface area (Å²) in [6.45, 7) is 0. The molecule has 0 unspecified atom stereocenters. The number of carboxylic acids is 1. The predicted octanol–water partition coefficient (Wildman–Crippen LogP) is 0.189. The molecule has 0 spiro atoms. The number of halogens is 1. The largest absolute Gasteiger partial charge is 0.545 e. The summed E-state index contributed by atoms with van der Waals surface area (Å²) in [5.74, 6) is -1.75. The van der Waals surface area contributed by atoms with Crippen molar-refractivity contribution in [3.63, 3.8) is 0 Å². The number of benzene rings is 1. The monoisotopic (exact) mass is 138 g/mol. The van der Waals surface area contributed by atoms with Gasteiger partial charge in [-0.1, -0.05) is 12.1 Å². The maximum absolute atomic E-state index is 12.1. The van der Waals surface area contributed by atoms with E-state index in [-0.39, 0.29) is 5.56 Å². The van der Waals surface area contributed by atoms with Gasteiger partial charge in [0.2, 0.25) is 0 Å². The van der Waals surface area contributed by atoms with Gasteiger partial charge in [-0.15, -0.1) is 0 Å². The SMILES string of the molecule is O=C([O-])c1ccc([18F])cc1. The topological polar surface area (TPSA) is 40.1 Å². The minimum absolute atomic E-state index is 0.0126. The fourth-order valence-electron chi connectivity index (χ4n) is 0.586. The van der Waals surface area contributed by atoms with Crippen molar-refractivity contribution < 1.29 is 14.3 Å². The Hall–Kier alpha value is -1.38. The second-order valence-corrected chi connectivity index (χ2v) is 1.79. The molecule has 0 heterocycles. The first-order valence-electron chi connectivity index (χ1n) is 2.67. The van der Waals surface area contributed by atoms with Crippen molar-refractivity contribution in [1.29, 1.82) is 0 Å². The minimum Gasteiger partial charge on any atom is -0.545 e. The molecule has 10 heavy (non-hydrogen) atoms. The Balaban J connectivity index is 3.00. The van der Waals surface area contributed by atoms with E-state index in [1.807, 2.05) is 0 Å². The van der Waals surface area contributed by atoms with Crippen molar-refractivity contribution in [3.05, 3.63) is 35.6 Å². The zero-order chi connectivity index (χ0) is 7.56. The maximum atomic E-state index is 12.1. The summed E-state index contributed by atoms with van der Waals surface area (Å²) in [7, 11) is 0. The Morgan fingerprint density at radius 1 is 1.30 bits per heavy atom. The molecule has 3 heteroatoms. The first kappa shape index (κ1) is 6.74. The Morgan fingerprint density at radius 3 is 2.20 bits per heavy atom. The average molecular weight is 138 g/mol. The molecular formula is C7H4FO2-. The number of aromatic carboxylic acids is 1. The second-order valence-electron chi connectivity index (χ2n) is 1.79. The van der Waals surface area contributed by atoms with Crippen molar-refractivity contribution in [2.24, 2.45) is 0 Å². The summed E-state index contributed by atoms with van der Waals surface area (Å²) in [6, 6.07) is 4.46. The first-order valence-corrected chi connectivity index (χ1v) is 2.67. The van der Waals surface area contributed by atoms with E-state index in [9.17, 15) is 14.3 Å². The standard InChI is InChI=1S/C7H5FO2/c8-6-3-1-5(2-4-6)7(9)10/h1-4H,(H,9,10)/p-1/i8-1. The van der Waals surface area contributed by atoms with Crippen LogP contribution >= 0.6 is 0 Å². The van der Waals surface area contributed by atoms with Crippen molar-refractivity contribution in [1.82, 2.24) is 0 Å². The molecule has 0 amide bonds. The second kappa shape index (κ2) is 2.47. The van der Waals surface area contributed by atoms with Crippen LogP contribution in [0.15, 0.2) is 24.3 Å². The molecule has 0 aliphatic carbocycles. The Bertz CT molecular complexity index is 240. The third kappa shape index (κ3) is 1.31. The van der Waals surface area contributed by atoms with Gasteiger partial charge < -0.3 is 9.90 Å². The predicted molar refractivity (Wildman–Crippen MR) is 30.7 cm³/mol. The van der Waals surface area contributed by atoms with Crippen LogP contribution in [0.3, 0.4) is 0 Å². The van der Waals surface area contributed by atoms with E-state index in [4.69, 9.17) is 0 Å². The van der Waals surface area contributed by atoms with Crippen molar-refractivity contribution in [2.45, 2.75) is 0 Å². The van der Waals surface area contributed by atoms with Crippen LogP contribution in [0.2, 0.25) is 0 Å². The highest BCUT2D eigenvalue weighted by molar-refractivity contribution is 5.85. The lowest BCUT2D eigenvalue weighted by molar-refractivity contribution is -0.255. The molecular weight excluding hydrogens is 134 g/mol. The molecule has 0 atom stereocenters. The normalized spacial score (nSPS) is 9.30. The van der Waals surface area contributed by atoms with Crippen LogP contribution in [0.25, 0.3) is 0 Å². The molecule has 52 valence electrons. The van der Waals surface area contributed by atoms with Crippen LogP contribution in [0, 0.1) is 5.82 Å². The highest BCUT2D eigenvalue weighted by Gasteiger charge is 1.91. The van der Waals surface area contributed by atoms with Crippen LogP contribution in [0.5, 0.6) is 0 Å². The number of carboxylic acid groups (broad SMARTS) is 1. The summed E-state index contributed by atoms with van der Waals surface area (Å²) in [5, 5.41) is 10.1. The van der Waals surface area contributed by atoms with Gasteiger partial charge in [-0.3, -0.25) is 0 Å². The third-order valence-electron chi connectivity index (χ3n) is 1.08. The zero-order valence-electron chi connectivity index (χ0n) is 5.00. The zero-order valence-corrected chi connectivity index (χ0v) is 5.00. The van der Waals surface area contributed by atoms with Gasteiger partial charge in [0, 0.05) is 0 Å². The molecule has 1 aromatic rings. The van der Waals surface area contributed by atoms with Gasteiger partial charge in [-0.25, -0.2) is 4.39 Å². The fraction of sp³-hybridized carbons (Fsp3) is 0. The van der Waals surface area contributed by atoms with Gasteiger partial charge in [0.1, 0.15) is 5.82 Å². The van der Waals surface area contributed by atoms with E-state index >= 15 is 0 Å². The summed E-state index contributed by atoms with van der Waals surface area (Å²) >= 11 is 0. The number of rotatable bonds is 1. The van der Waals surface area contributed by atoms with Crippen LogP contribution in [0.4, 0.5) is 4.39 Å². The molecule has 0 N–H and O–H groups in total. The van der Waals surface area contributed by atoms with Gasteiger partial charge in [0.15, 0.2) is 0 Å². The van der Waals surface area contributed by atoms with Crippen LogP contribution in [-0.2, 0) is 0 Å². The molecule has 1 rings (SSSR count). The molecule has 2 nitrogen and oxygen atoms in total. The highest BCUT2D eigenvalue weighted by Crippen LogP contribution is 2.00. The maximum Gasteiger partial charge on any atom is 0.123 e. The smallest absolute Gasteiger partial charge is 0.123 e. The molecule has 0 aliphatic rings. The lowest BCUT2D eigenvalue weighted by atomic mass is 10.2. The molecule has 0 radical (unpaired) electrons. The van der Waals surface area contributed by atoms with Gasteiger partial charge in [-0.05, 0) is 17.7 Å². The molecule has 1 aromatic carbocycles. The van der Waals surface area contributed by atoms with E-state index in [1.54, 1.807) is 0 Å². The number of hydrogen-bond acceptors (Lipinski definition) is 2. The lowest BCUT2D eigenvalue weighted by Crippen LogP contribution is -2.21. The van der Waals surface area contributed by atoms with Crippen molar-refractivity contribution in [2.75, 3.05) is 0 Å². The Morgan fingerprint density at radius 2 is 1.80 bits per heavy atom. The van der Waals surface area contributed by atoms with Crippen molar-refractivity contribution >= 4 is 5.97 Å². The van der Waals surface area contributed by atoms with E-state index < -0.39 is 11.8 Å². The summed E-state index contributed by atoms with van der Waals surface area (Å²) < 4.78 is 12.1. The van der Waals surface area contributed by atoms with E-state index in [0.29, 0.717) is 0 Å². The number of carbonyl (C=O) groups is 1. The molecule has 0 fully saturated rings. The number of carbonyl (C=O) groups excluding carboxylic acids is 1. The summed E-state index contributed by atoms with van der Waals surface area (Å²) in [4.78, 5) is 10.1. The van der Waals surface area contributed by atoms with Crippen LogP contribution < -0.4 is 5.11 Å². The Kier molecular flexibility index (Phi) is 1.67. The van der Waals surface area contributed by atoms with E-state index in [1.165, 1.54) is 0 Å². The average Bonchev–Trinajstić information content (AvgIpc) is 1.88. The van der Waals surface area contributed by atoms with Gasteiger partial charge >= 0.3 is 0 Å².